The third kappa shape index (κ3) is 3.55. The van der Waals surface area contributed by atoms with Crippen LogP contribution in [0, 0.1) is 0 Å². The Morgan fingerprint density at radius 1 is 1.00 bits per heavy atom. The van der Waals surface area contributed by atoms with Crippen molar-refractivity contribution in [1.29, 1.82) is 0 Å². The van der Waals surface area contributed by atoms with Crippen LogP contribution in [0.1, 0.15) is 33.3 Å². The summed E-state index contributed by atoms with van der Waals surface area (Å²) in [6, 6.07) is 10.7. The van der Waals surface area contributed by atoms with Gasteiger partial charge in [0.05, 0.1) is 11.2 Å². The van der Waals surface area contributed by atoms with Gasteiger partial charge in [0.25, 0.3) is 0 Å². The average Bonchev–Trinajstić information content (AvgIpc) is 2.13. The zero-order valence-corrected chi connectivity index (χ0v) is 11.4. The van der Waals surface area contributed by atoms with E-state index >= 15 is 0 Å². The topological polar surface area (TPSA) is 12.5 Å². The highest BCUT2D eigenvalue weighted by Gasteiger charge is 2.37. The van der Waals surface area contributed by atoms with Gasteiger partial charge in [-0.3, -0.25) is 4.90 Å². The first kappa shape index (κ1) is 12.6. The van der Waals surface area contributed by atoms with Gasteiger partial charge in [0, 0.05) is 19.6 Å². The lowest BCUT2D eigenvalue weighted by molar-refractivity contribution is -0.182. The zero-order valence-electron chi connectivity index (χ0n) is 11.4. The van der Waals surface area contributed by atoms with Crippen LogP contribution in [0.2, 0.25) is 0 Å². The molecule has 1 aromatic carbocycles. The Morgan fingerprint density at radius 2 is 1.53 bits per heavy atom. The molecule has 0 aliphatic carbocycles. The fourth-order valence-electron chi connectivity index (χ4n) is 2.90. The zero-order chi connectivity index (χ0) is 12.5. The molecule has 2 heteroatoms. The van der Waals surface area contributed by atoms with E-state index in [9.17, 15) is 0 Å². The minimum atomic E-state index is -0.0590. The van der Waals surface area contributed by atoms with Crippen LogP contribution in [0.4, 0.5) is 0 Å². The summed E-state index contributed by atoms with van der Waals surface area (Å²) in [5, 5.41) is 0. The predicted molar refractivity (Wildman–Crippen MR) is 71.0 cm³/mol. The van der Waals surface area contributed by atoms with Crippen LogP contribution < -0.4 is 0 Å². The molecule has 2 nitrogen and oxygen atoms in total. The fraction of sp³-hybridized carbons (Fsp3) is 0.600. The largest absolute Gasteiger partial charge is 0.367 e. The van der Waals surface area contributed by atoms with Crippen LogP contribution in [0.15, 0.2) is 30.3 Å². The lowest BCUT2D eigenvalue weighted by Gasteiger charge is -2.47. The molecule has 1 aliphatic rings. The quantitative estimate of drug-likeness (QED) is 0.778. The van der Waals surface area contributed by atoms with E-state index in [0.29, 0.717) is 0 Å². The molecule has 1 saturated heterocycles. The summed E-state index contributed by atoms with van der Waals surface area (Å²) < 4.78 is 6.09. The highest BCUT2D eigenvalue weighted by Crippen LogP contribution is 2.28. The fourth-order valence-corrected chi connectivity index (χ4v) is 2.90. The molecule has 94 valence electrons. The van der Waals surface area contributed by atoms with Gasteiger partial charge in [-0.05, 0) is 33.3 Å². The van der Waals surface area contributed by atoms with E-state index in [1.165, 1.54) is 5.56 Å². The van der Waals surface area contributed by atoms with Crippen molar-refractivity contribution in [2.75, 3.05) is 13.1 Å². The van der Waals surface area contributed by atoms with Crippen LogP contribution in [0.5, 0.6) is 0 Å². The van der Waals surface area contributed by atoms with Crippen LogP contribution in [-0.4, -0.2) is 29.2 Å². The second-order valence-corrected chi connectivity index (χ2v) is 6.25. The van der Waals surface area contributed by atoms with Gasteiger partial charge in [0.2, 0.25) is 0 Å². The Labute approximate surface area is 105 Å². The molecule has 17 heavy (non-hydrogen) atoms. The summed E-state index contributed by atoms with van der Waals surface area (Å²) in [5.41, 5.74) is 1.26. The number of nitrogens with zero attached hydrogens (tertiary/aromatic N) is 1. The SMILES string of the molecule is CC1(C)CN(Cc2ccccc2)CC(C)(C)O1. The van der Waals surface area contributed by atoms with Gasteiger partial charge in [-0.15, -0.1) is 0 Å². The van der Waals surface area contributed by atoms with E-state index in [4.69, 9.17) is 4.74 Å². The second kappa shape index (κ2) is 4.43. The van der Waals surface area contributed by atoms with E-state index in [1.54, 1.807) is 0 Å². The van der Waals surface area contributed by atoms with Crippen molar-refractivity contribution in [3.8, 4) is 0 Å². The summed E-state index contributed by atoms with van der Waals surface area (Å²) in [5.74, 6) is 0. The number of ether oxygens (including phenoxy) is 1. The molecule has 1 fully saturated rings. The monoisotopic (exact) mass is 233 g/mol. The lowest BCUT2D eigenvalue weighted by atomic mass is 9.98. The summed E-state index contributed by atoms with van der Waals surface area (Å²) >= 11 is 0. The summed E-state index contributed by atoms with van der Waals surface area (Å²) in [7, 11) is 0. The van der Waals surface area contributed by atoms with Crippen LogP contribution in [0.3, 0.4) is 0 Å². The van der Waals surface area contributed by atoms with Gasteiger partial charge >= 0.3 is 0 Å². The lowest BCUT2D eigenvalue weighted by Crippen LogP contribution is -2.56. The van der Waals surface area contributed by atoms with Gasteiger partial charge in [0.15, 0.2) is 0 Å². The van der Waals surface area contributed by atoms with E-state index in [1.807, 2.05) is 0 Å². The maximum atomic E-state index is 6.09. The van der Waals surface area contributed by atoms with Crippen LogP contribution in [-0.2, 0) is 11.3 Å². The van der Waals surface area contributed by atoms with Crippen molar-refractivity contribution < 1.29 is 4.74 Å². The van der Waals surface area contributed by atoms with Gasteiger partial charge in [0.1, 0.15) is 0 Å². The number of rotatable bonds is 2. The Kier molecular flexibility index (Phi) is 3.28. The van der Waals surface area contributed by atoms with Crippen molar-refractivity contribution in [2.45, 2.75) is 45.4 Å². The average molecular weight is 233 g/mol. The number of hydrogen-bond acceptors (Lipinski definition) is 2. The minimum Gasteiger partial charge on any atom is -0.367 e. The molecule has 1 aromatic rings. The second-order valence-electron chi connectivity index (χ2n) is 6.25. The Hall–Kier alpha value is -0.860. The van der Waals surface area contributed by atoms with Gasteiger partial charge in [-0.1, -0.05) is 30.3 Å². The number of morpholine rings is 1. The first-order valence-electron chi connectivity index (χ1n) is 6.33. The Morgan fingerprint density at radius 3 is 2.06 bits per heavy atom. The molecule has 0 unspecified atom stereocenters. The number of hydrogen-bond donors (Lipinski definition) is 0. The number of benzene rings is 1. The van der Waals surface area contributed by atoms with Crippen LogP contribution in [0.25, 0.3) is 0 Å². The van der Waals surface area contributed by atoms with E-state index in [0.717, 1.165) is 19.6 Å². The summed E-state index contributed by atoms with van der Waals surface area (Å²) in [6.45, 7) is 11.7. The summed E-state index contributed by atoms with van der Waals surface area (Å²) in [6.07, 6.45) is 0. The highest BCUT2D eigenvalue weighted by molar-refractivity contribution is 5.14. The van der Waals surface area contributed by atoms with Crippen molar-refractivity contribution in [1.82, 2.24) is 4.90 Å². The molecule has 0 radical (unpaired) electrons. The first-order chi connectivity index (χ1) is 7.86. The maximum absolute atomic E-state index is 6.09. The first-order valence-corrected chi connectivity index (χ1v) is 6.33. The van der Waals surface area contributed by atoms with Gasteiger partial charge < -0.3 is 4.74 Å². The highest BCUT2D eigenvalue weighted by atomic mass is 16.5. The van der Waals surface area contributed by atoms with Crippen molar-refractivity contribution in [2.24, 2.45) is 0 Å². The Bertz CT molecular complexity index is 354. The summed E-state index contributed by atoms with van der Waals surface area (Å²) in [4.78, 5) is 2.48. The smallest absolute Gasteiger partial charge is 0.0760 e. The predicted octanol–water partition coefficient (Wildman–Crippen LogP) is 3.08. The van der Waals surface area contributed by atoms with Gasteiger partial charge in [-0.25, -0.2) is 0 Å². The standard InChI is InChI=1S/C15H23NO/c1-14(2)11-16(12-15(3,4)17-14)10-13-8-6-5-7-9-13/h5-9H,10-12H2,1-4H3. The molecule has 0 aromatic heterocycles. The van der Waals surface area contributed by atoms with E-state index in [2.05, 4.69) is 62.9 Å². The normalized spacial score (nSPS) is 23.5. The molecule has 0 saturated carbocycles. The van der Waals surface area contributed by atoms with Crippen molar-refractivity contribution >= 4 is 0 Å². The molecule has 1 aliphatic heterocycles. The molecule has 0 amide bonds. The third-order valence-electron chi connectivity index (χ3n) is 3.01. The van der Waals surface area contributed by atoms with E-state index in [-0.39, 0.29) is 11.2 Å². The van der Waals surface area contributed by atoms with Gasteiger partial charge in [-0.2, -0.15) is 0 Å². The molecule has 2 rings (SSSR count). The molecule has 0 bridgehead atoms. The molecule has 0 N–H and O–H groups in total. The molecule has 1 heterocycles. The molecule has 0 spiro atoms. The molecular weight excluding hydrogens is 210 g/mol. The maximum Gasteiger partial charge on any atom is 0.0760 e. The Balaban J connectivity index is 2.06. The minimum absolute atomic E-state index is 0.0590. The molecule has 0 atom stereocenters. The third-order valence-corrected chi connectivity index (χ3v) is 3.01. The van der Waals surface area contributed by atoms with Crippen molar-refractivity contribution in [3.63, 3.8) is 0 Å². The van der Waals surface area contributed by atoms with Crippen LogP contribution >= 0.6 is 0 Å². The van der Waals surface area contributed by atoms with Crippen molar-refractivity contribution in [3.05, 3.63) is 35.9 Å². The molecular formula is C15H23NO. The van der Waals surface area contributed by atoms with E-state index < -0.39 is 0 Å².